The fourth-order valence-corrected chi connectivity index (χ4v) is 2.33. The zero-order chi connectivity index (χ0) is 20.9. The van der Waals surface area contributed by atoms with E-state index in [4.69, 9.17) is 21.1 Å². The Labute approximate surface area is 167 Å². The molecule has 29 heavy (non-hydrogen) atoms. The van der Waals surface area contributed by atoms with Gasteiger partial charge in [0.15, 0.2) is 6.61 Å². The summed E-state index contributed by atoms with van der Waals surface area (Å²) in [6.07, 6.45) is -1.65. The van der Waals surface area contributed by atoms with Crippen LogP contribution in [0.25, 0.3) is 11.1 Å². The predicted molar refractivity (Wildman–Crippen MR) is 97.9 cm³/mol. The molecule has 150 valence electrons. The van der Waals surface area contributed by atoms with Crippen LogP contribution < -0.4 is 14.8 Å². The number of anilines is 1. The van der Waals surface area contributed by atoms with Gasteiger partial charge in [0.1, 0.15) is 6.33 Å². The van der Waals surface area contributed by atoms with Crippen LogP contribution in [0.15, 0.2) is 55.1 Å². The molecule has 2 heterocycles. The third-order valence-electron chi connectivity index (χ3n) is 3.38. The smallest absolute Gasteiger partial charge is 0.422 e. The van der Waals surface area contributed by atoms with Crippen molar-refractivity contribution in [2.75, 3.05) is 11.9 Å². The summed E-state index contributed by atoms with van der Waals surface area (Å²) < 4.78 is 47.4. The van der Waals surface area contributed by atoms with Crippen molar-refractivity contribution in [1.82, 2.24) is 15.0 Å². The minimum absolute atomic E-state index is 0.0218. The van der Waals surface area contributed by atoms with Gasteiger partial charge >= 0.3 is 12.3 Å². The highest BCUT2D eigenvalue weighted by molar-refractivity contribution is 6.30. The van der Waals surface area contributed by atoms with E-state index in [2.05, 4.69) is 20.3 Å². The van der Waals surface area contributed by atoms with Crippen molar-refractivity contribution in [1.29, 1.82) is 0 Å². The fourth-order valence-electron chi connectivity index (χ4n) is 2.20. The molecule has 3 rings (SSSR count). The number of ether oxygens (including phenoxy) is 2. The molecule has 0 bridgehead atoms. The lowest BCUT2D eigenvalue weighted by Crippen LogP contribution is -2.20. The van der Waals surface area contributed by atoms with Crippen molar-refractivity contribution in [2.24, 2.45) is 0 Å². The van der Waals surface area contributed by atoms with E-state index in [0.717, 1.165) is 6.20 Å². The third-order valence-corrected chi connectivity index (χ3v) is 3.63. The Kier molecular flexibility index (Phi) is 6.13. The number of halogens is 4. The molecule has 1 aromatic carbocycles. The Morgan fingerprint density at radius 2 is 1.90 bits per heavy atom. The Bertz CT molecular complexity index is 986. The molecule has 1 amide bonds. The summed E-state index contributed by atoms with van der Waals surface area (Å²) in [6, 6.07) is 9.08. The highest BCUT2D eigenvalue weighted by atomic mass is 35.5. The molecule has 2 aromatic heterocycles. The molecule has 0 aliphatic carbocycles. The van der Waals surface area contributed by atoms with Crippen LogP contribution in [-0.2, 0) is 0 Å². The van der Waals surface area contributed by atoms with Gasteiger partial charge in [0.25, 0.3) is 0 Å². The second-order valence-electron chi connectivity index (χ2n) is 5.55. The maximum absolute atomic E-state index is 12.5. The predicted octanol–water partition coefficient (Wildman–Crippen LogP) is 4.74. The number of alkyl halides is 3. The number of rotatable bonds is 5. The second kappa shape index (κ2) is 8.74. The molecule has 0 atom stereocenters. The minimum Gasteiger partial charge on any atom is -0.468 e. The van der Waals surface area contributed by atoms with Gasteiger partial charge in [-0.1, -0.05) is 23.7 Å². The highest BCUT2D eigenvalue weighted by Gasteiger charge is 2.29. The summed E-state index contributed by atoms with van der Waals surface area (Å²) in [4.78, 5) is 23.3. The van der Waals surface area contributed by atoms with E-state index < -0.39 is 18.9 Å². The fraction of sp³-hybridized carbons (Fsp3) is 0.111. The van der Waals surface area contributed by atoms with Gasteiger partial charge in [-0.2, -0.15) is 13.2 Å². The molecular weight excluding hydrogens is 413 g/mol. The molecule has 11 heteroatoms. The first-order valence-corrected chi connectivity index (χ1v) is 8.38. The van der Waals surface area contributed by atoms with Crippen molar-refractivity contribution in [3.8, 4) is 22.9 Å². The van der Waals surface area contributed by atoms with Crippen LogP contribution in [0, 0.1) is 0 Å². The lowest BCUT2D eigenvalue weighted by Gasteiger charge is -2.14. The van der Waals surface area contributed by atoms with E-state index in [1.54, 1.807) is 24.3 Å². The Morgan fingerprint density at radius 1 is 1.14 bits per heavy atom. The van der Waals surface area contributed by atoms with Gasteiger partial charge in [0.2, 0.25) is 11.8 Å². The van der Waals surface area contributed by atoms with Crippen LogP contribution in [0.5, 0.6) is 11.8 Å². The molecule has 0 saturated heterocycles. The van der Waals surface area contributed by atoms with Gasteiger partial charge in [-0.25, -0.2) is 19.7 Å². The molecule has 3 aromatic rings. The van der Waals surface area contributed by atoms with Crippen molar-refractivity contribution in [3.05, 3.63) is 60.1 Å². The van der Waals surface area contributed by atoms with Crippen LogP contribution in [0.2, 0.25) is 5.02 Å². The van der Waals surface area contributed by atoms with Crippen LogP contribution in [0.1, 0.15) is 0 Å². The largest absolute Gasteiger partial charge is 0.468 e. The highest BCUT2D eigenvalue weighted by Crippen LogP contribution is 2.32. The van der Waals surface area contributed by atoms with Gasteiger partial charge in [-0.3, -0.25) is 5.32 Å². The summed E-state index contributed by atoms with van der Waals surface area (Å²) in [5.41, 5.74) is 0.894. The van der Waals surface area contributed by atoms with E-state index >= 15 is 0 Å². The molecule has 0 aliphatic heterocycles. The molecule has 0 unspecified atom stereocenters. The quantitative estimate of drug-likeness (QED) is 0.636. The van der Waals surface area contributed by atoms with E-state index in [1.165, 1.54) is 24.7 Å². The Hall–Kier alpha value is -3.40. The lowest BCUT2D eigenvalue weighted by molar-refractivity contribution is -0.154. The minimum atomic E-state index is -4.53. The van der Waals surface area contributed by atoms with Crippen molar-refractivity contribution in [2.45, 2.75) is 6.18 Å². The third kappa shape index (κ3) is 6.04. The number of nitrogens with one attached hydrogen (secondary N) is 1. The van der Waals surface area contributed by atoms with Crippen molar-refractivity contribution in [3.63, 3.8) is 0 Å². The molecule has 7 nitrogen and oxygen atoms in total. The summed E-state index contributed by atoms with van der Waals surface area (Å²) in [5.74, 6) is -0.229. The summed E-state index contributed by atoms with van der Waals surface area (Å²) >= 11 is 5.86. The standard InChI is InChI=1S/C18H12ClF3N4O3/c19-12-3-1-11(2-4-12)14-7-13(8-24-16(14)28-9-18(20,21)22)26-17(27)29-15-5-6-23-10-25-15/h1-8,10H,9H2,(H,26,27). The summed E-state index contributed by atoms with van der Waals surface area (Å²) in [6.45, 7) is -1.51. The first kappa shape index (κ1) is 20.3. The number of benzene rings is 1. The number of hydrogen-bond donors (Lipinski definition) is 1. The number of pyridine rings is 1. The normalized spacial score (nSPS) is 11.0. The molecule has 1 N–H and O–H groups in total. The number of amides is 1. The Balaban J connectivity index is 1.84. The zero-order valence-corrected chi connectivity index (χ0v) is 15.2. The molecule has 0 fully saturated rings. The summed E-state index contributed by atoms with van der Waals surface area (Å²) in [5, 5.41) is 2.87. The van der Waals surface area contributed by atoms with Gasteiger partial charge in [-0.15, -0.1) is 0 Å². The second-order valence-corrected chi connectivity index (χ2v) is 5.99. The molecular formula is C18H12ClF3N4O3. The monoisotopic (exact) mass is 424 g/mol. The maximum atomic E-state index is 12.5. The molecule has 0 saturated carbocycles. The van der Waals surface area contributed by atoms with Crippen molar-refractivity contribution >= 4 is 23.4 Å². The number of carbonyl (C=O) groups is 1. The first-order valence-electron chi connectivity index (χ1n) is 8.00. The number of aromatic nitrogens is 3. The van der Waals surface area contributed by atoms with Gasteiger partial charge in [-0.05, 0) is 23.8 Å². The van der Waals surface area contributed by atoms with E-state index in [0.29, 0.717) is 10.6 Å². The van der Waals surface area contributed by atoms with Crippen LogP contribution in [0.4, 0.5) is 23.7 Å². The molecule has 0 aliphatic rings. The van der Waals surface area contributed by atoms with Crippen LogP contribution >= 0.6 is 11.6 Å². The average Bonchev–Trinajstić information content (AvgIpc) is 2.67. The summed E-state index contributed by atoms with van der Waals surface area (Å²) in [7, 11) is 0. The SMILES string of the molecule is O=C(Nc1cnc(OCC(F)(F)F)c(-c2ccc(Cl)cc2)c1)Oc1ccncn1. The number of nitrogens with zero attached hydrogens (tertiary/aromatic N) is 3. The van der Waals surface area contributed by atoms with Gasteiger partial charge in [0.05, 0.1) is 11.9 Å². The van der Waals surface area contributed by atoms with Crippen LogP contribution in [-0.4, -0.2) is 33.8 Å². The number of carbonyl (C=O) groups excluding carboxylic acids is 1. The van der Waals surface area contributed by atoms with E-state index in [-0.39, 0.29) is 23.0 Å². The Morgan fingerprint density at radius 3 is 2.55 bits per heavy atom. The first-order chi connectivity index (χ1) is 13.8. The zero-order valence-electron chi connectivity index (χ0n) is 14.5. The van der Waals surface area contributed by atoms with Crippen molar-refractivity contribution < 1.29 is 27.4 Å². The van der Waals surface area contributed by atoms with Gasteiger partial charge < -0.3 is 9.47 Å². The average molecular weight is 425 g/mol. The maximum Gasteiger partial charge on any atom is 0.422 e. The van der Waals surface area contributed by atoms with E-state index in [9.17, 15) is 18.0 Å². The van der Waals surface area contributed by atoms with E-state index in [1.807, 2.05) is 0 Å². The lowest BCUT2D eigenvalue weighted by atomic mass is 10.1. The molecule has 0 radical (unpaired) electrons. The topological polar surface area (TPSA) is 86.2 Å². The number of hydrogen-bond acceptors (Lipinski definition) is 6. The van der Waals surface area contributed by atoms with Crippen LogP contribution in [0.3, 0.4) is 0 Å². The molecule has 0 spiro atoms. The van der Waals surface area contributed by atoms with Gasteiger partial charge in [0, 0.05) is 22.8 Å².